The van der Waals surface area contributed by atoms with Crippen molar-refractivity contribution in [3.63, 3.8) is 0 Å². The molecule has 7 heteroatoms. The Morgan fingerprint density at radius 2 is 1.58 bits per heavy atom. The van der Waals surface area contributed by atoms with Crippen LogP contribution in [0.2, 0.25) is 0 Å². The number of carbonyl (C=O) groups is 2. The Labute approximate surface area is 199 Å². The van der Waals surface area contributed by atoms with E-state index < -0.39 is 0 Å². The number of hydrogen-bond acceptors (Lipinski definition) is 4. The molecular formula is C26H27N3O3S. The summed E-state index contributed by atoms with van der Waals surface area (Å²) in [4.78, 5) is 24.8. The van der Waals surface area contributed by atoms with Gasteiger partial charge in [-0.3, -0.25) is 14.9 Å². The molecule has 3 N–H and O–H groups in total. The molecule has 0 atom stereocenters. The van der Waals surface area contributed by atoms with Crippen molar-refractivity contribution in [3.8, 4) is 5.75 Å². The van der Waals surface area contributed by atoms with Crippen LogP contribution in [0.15, 0.2) is 72.8 Å². The maximum Gasteiger partial charge on any atom is 0.257 e. The van der Waals surface area contributed by atoms with Gasteiger partial charge in [-0.25, -0.2) is 0 Å². The van der Waals surface area contributed by atoms with Crippen LogP contribution in [0.1, 0.15) is 46.0 Å². The number of benzene rings is 3. The first-order valence-electron chi connectivity index (χ1n) is 10.8. The van der Waals surface area contributed by atoms with Gasteiger partial charge in [0.05, 0.1) is 6.61 Å². The van der Waals surface area contributed by atoms with Crippen LogP contribution < -0.4 is 20.7 Å². The van der Waals surface area contributed by atoms with Gasteiger partial charge in [0.1, 0.15) is 5.75 Å². The van der Waals surface area contributed by atoms with Gasteiger partial charge in [0.25, 0.3) is 11.8 Å². The molecule has 6 nitrogen and oxygen atoms in total. The highest BCUT2D eigenvalue weighted by Crippen LogP contribution is 2.20. The molecule has 0 aliphatic carbocycles. The SMILES string of the molecule is CCCCOc1ccc(C(=O)NC(=S)Nc2ccc(NC(=O)c3ccccc3)c(C)c2)cc1. The lowest BCUT2D eigenvalue weighted by Crippen LogP contribution is -2.34. The first-order valence-corrected chi connectivity index (χ1v) is 11.2. The Balaban J connectivity index is 1.54. The molecule has 0 unspecified atom stereocenters. The standard InChI is InChI=1S/C26H27N3O3S/c1-3-4-16-32-22-13-10-20(11-14-22)25(31)29-26(33)27-21-12-15-23(18(2)17-21)28-24(30)19-8-6-5-7-9-19/h5-15,17H,3-4,16H2,1-2H3,(H,28,30)(H2,27,29,31,33). The monoisotopic (exact) mass is 461 g/mol. The molecule has 0 fully saturated rings. The normalized spacial score (nSPS) is 10.2. The van der Waals surface area contributed by atoms with Gasteiger partial charge in [-0.15, -0.1) is 0 Å². The van der Waals surface area contributed by atoms with E-state index in [0.29, 0.717) is 29.1 Å². The first-order chi connectivity index (χ1) is 16.0. The molecule has 0 bridgehead atoms. The second-order valence-electron chi connectivity index (χ2n) is 7.48. The van der Waals surface area contributed by atoms with Crippen LogP contribution in [0.5, 0.6) is 5.75 Å². The number of ether oxygens (including phenoxy) is 1. The van der Waals surface area contributed by atoms with Crippen molar-refractivity contribution in [2.75, 3.05) is 17.2 Å². The molecule has 3 aromatic carbocycles. The van der Waals surface area contributed by atoms with E-state index in [0.717, 1.165) is 24.2 Å². The summed E-state index contributed by atoms with van der Waals surface area (Å²) < 4.78 is 5.62. The number of unbranched alkanes of at least 4 members (excludes halogenated alkanes) is 1. The summed E-state index contributed by atoms with van der Waals surface area (Å²) in [6, 6.07) is 21.4. The number of hydrogen-bond donors (Lipinski definition) is 3. The Kier molecular flexibility index (Phi) is 8.55. The molecular weight excluding hydrogens is 434 g/mol. The topological polar surface area (TPSA) is 79.5 Å². The Morgan fingerprint density at radius 3 is 2.24 bits per heavy atom. The van der Waals surface area contributed by atoms with Gasteiger partial charge < -0.3 is 15.4 Å². The van der Waals surface area contributed by atoms with Crippen molar-refractivity contribution < 1.29 is 14.3 Å². The number of rotatable bonds is 8. The van der Waals surface area contributed by atoms with E-state index >= 15 is 0 Å². The second kappa shape index (κ2) is 11.8. The minimum absolute atomic E-state index is 0.177. The molecule has 170 valence electrons. The highest BCUT2D eigenvalue weighted by atomic mass is 32.1. The predicted octanol–water partition coefficient (Wildman–Crippen LogP) is 5.55. The Bertz CT molecular complexity index is 1120. The number of aryl methyl sites for hydroxylation is 1. The van der Waals surface area contributed by atoms with E-state index in [9.17, 15) is 9.59 Å². The summed E-state index contributed by atoms with van der Waals surface area (Å²) in [7, 11) is 0. The van der Waals surface area contributed by atoms with Gasteiger partial charge in [-0.05, 0) is 85.7 Å². The molecule has 0 heterocycles. The summed E-state index contributed by atoms with van der Waals surface area (Å²) in [6.45, 7) is 4.65. The van der Waals surface area contributed by atoms with Gasteiger partial charge in [-0.2, -0.15) is 0 Å². The molecule has 0 aliphatic rings. The van der Waals surface area contributed by atoms with Crippen molar-refractivity contribution in [1.82, 2.24) is 5.32 Å². The molecule has 0 saturated heterocycles. The molecule has 0 aliphatic heterocycles. The molecule has 0 aromatic heterocycles. The van der Waals surface area contributed by atoms with E-state index in [1.807, 2.05) is 31.2 Å². The summed E-state index contributed by atoms with van der Waals surface area (Å²) in [5, 5.41) is 8.76. The number of anilines is 2. The van der Waals surface area contributed by atoms with E-state index in [-0.39, 0.29) is 16.9 Å². The highest BCUT2D eigenvalue weighted by molar-refractivity contribution is 7.80. The van der Waals surface area contributed by atoms with E-state index in [1.165, 1.54) is 0 Å². The average molecular weight is 462 g/mol. The molecule has 3 aromatic rings. The quantitative estimate of drug-likeness (QED) is 0.303. The van der Waals surface area contributed by atoms with E-state index in [4.69, 9.17) is 17.0 Å². The zero-order valence-electron chi connectivity index (χ0n) is 18.7. The lowest BCUT2D eigenvalue weighted by Gasteiger charge is -2.13. The summed E-state index contributed by atoms with van der Waals surface area (Å²) >= 11 is 5.28. The predicted molar refractivity (Wildman–Crippen MR) is 136 cm³/mol. The van der Waals surface area contributed by atoms with Crippen LogP contribution in [0, 0.1) is 6.92 Å². The summed E-state index contributed by atoms with van der Waals surface area (Å²) in [6.07, 6.45) is 2.05. The molecule has 3 rings (SSSR count). The second-order valence-corrected chi connectivity index (χ2v) is 7.89. The number of nitrogens with one attached hydrogen (secondary N) is 3. The van der Waals surface area contributed by atoms with Gasteiger partial charge >= 0.3 is 0 Å². The average Bonchev–Trinajstić information content (AvgIpc) is 2.82. The third-order valence-electron chi connectivity index (χ3n) is 4.88. The van der Waals surface area contributed by atoms with Gasteiger partial charge in [0, 0.05) is 22.5 Å². The fraction of sp³-hybridized carbons (Fsp3) is 0.192. The Hall–Kier alpha value is -3.71. The molecule has 0 saturated carbocycles. The van der Waals surface area contributed by atoms with Crippen LogP contribution >= 0.6 is 12.2 Å². The van der Waals surface area contributed by atoms with Crippen LogP contribution in [0.25, 0.3) is 0 Å². The van der Waals surface area contributed by atoms with Gasteiger partial charge in [-0.1, -0.05) is 31.5 Å². The van der Waals surface area contributed by atoms with Crippen LogP contribution in [-0.4, -0.2) is 23.5 Å². The Morgan fingerprint density at radius 1 is 0.879 bits per heavy atom. The smallest absolute Gasteiger partial charge is 0.257 e. The van der Waals surface area contributed by atoms with Crippen molar-refractivity contribution in [1.29, 1.82) is 0 Å². The maximum atomic E-state index is 12.5. The van der Waals surface area contributed by atoms with Crippen LogP contribution in [-0.2, 0) is 0 Å². The lowest BCUT2D eigenvalue weighted by atomic mass is 10.1. The molecule has 33 heavy (non-hydrogen) atoms. The van der Waals surface area contributed by atoms with Crippen molar-refractivity contribution in [3.05, 3.63) is 89.5 Å². The fourth-order valence-electron chi connectivity index (χ4n) is 3.04. The highest BCUT2D eigenvalue weighted by Gasteiger charge is 2.10. The third-order valence-corrected chi connectivity index (χ3v) is 5.08. The van der Waals surface area contributed by atoms with Gasteiger partial charge in [0.2, 0.25) is 0 Å². The van der Waals surface area contributed by atoms with Crippen molar-refractivity contribution >= 4 is 40.5 Å². The zero-order chi connectivity index (χ0) is 23.6. The first kappa shape index (κ1) is 23.9. The third kappa shape index (κ3) is 7.15. The minimum Gasteiger partial charge on any atom is -0.494 e. The van der Waals surface area contributed by atoms with Crippen LogP contribution in [0.3, 0.4) is 0 Å². The van der Waals surface area contributed by atoms with Crippen molar-refractivity contribution in [2.45, 2.75) is 26.7 Å². The number of amides is 2. The maximum absolute atomic E-state index is 12.5. The number of thiocarbonyl (C=S) groups is 1. The summed E-state index contributed by atoms with van der Waals surface area (Å²) in [5.41, 5.74) is 3.33. The van der Waals surface area contributed by atoms with Crippen molar-refractivity contribution in [2.24, 2.45) is 0 Å². The largest absolute Gasteiger partial charge is 0.494 e. The van der Waals surface area contributed by atoms with Gasteiger partial charge in [0.15, 0.2) is 5.11 Å². The summed E-state index contributed by atoms with van der Waals surface area (Å²) in [5.74, 6) is 0.246. The minimum atomic E-state index is -0.309. The fourth-order valence-corrected chi connectivity index (χ4v) is 3.25. The molecule has 2 amide bonds. The van der Waals surface area contributed by atoms with E-state index in [2.05, 4.69) is 22.9 Å². The number of carbonyl (C=O) groups excluding carboxylic acids is 2. The zero-order valence-corrected chi connectivity index (χ0v) is 19.5. The molecule has 0 spiro atoms. The van der Waals surface area contributed by atoms with Crippen LogP contribution in [0.4, 0.5) is 11.4 Å². The van der Waals surface area contributed by atoms with E-state index in [1.54, 1.807) is 48.5 Å². The molecule has 0 radical (unpaired) electrons. The lowest BCUT2D eigenvalue weighted by molar-refractivity contribution is 0.0976.